The Morgan fingerprint density at radius 2 is 1.90 bits per heavy atom. The van der Waals surface area contributed by atoms with Gasteiger partial charge in [0.25, 0.3) is 5.91 Å². The molecule has 0 radical (unpaired) electrons. The number of carbonyl (C=O) groups excluding carboxylic acids is 2. The van der Waals surface area contributed by atoms with Gasteiger partial charge in [-0.15, -0.1) is 0 Å². The Labute approximate surface area is 177 Å². The van der Waals surface area contributed by atoms with Crippen LogP contribution in [0.1, 0.15) is 45.6 Å². The molecule has 0 aromatic heterocycles. The van der Waals surface area contributed by atoms with Crippen molar-refractivity contribution in [1.29, 1.82) is 0 Å². The van der Waals surface area contributed by atoms with Crippen molar-refractivity contribution in [2.75, 3.05) is 19.6 Å². The van der Waals surface area contributed by atoms with Crippen LogP contribution in [0.3, 0.4) is 0 Å². The Hall–Kier alpha value is -2.83. The van der Waals surface area contributed by atoms with Gasteiger partial charge >= 0.3 is 6.09 Å². The van der Waals surface area contributed by atoms with Crippen LogP contribution in [0.5, 0.6) is 5.75 Å². The summed E-state index contributed by atoms with van der Waals surface area (Å²) < 4.78 is 5.54. The van der Waals surface area contributed by atoms with Crippen LogP contribution in [-0.4, -0.2) is 53.0 Å². The number of hydrogen-bond donors (Lipinski definition) is 2. The predicted molar refractivity (Wildman–Crippen MR) is 115 cm³/mol. The standard InChI is InChI=1S/C23H31N3O4/c1-23(2,3)30-22(29)26-12-4-5-17(14-26)16-10-11-25-20(19(13-16)21(24)28)15-6-8-18(27)9-7-15/h6-9,13,16-17,27H,4-5,10-12,14H2,1-3H3,(H2,24,28). The summed E-state index contributed by atoms with van der Waals surface area (Å²) in [6.07, 6.45) is 4.29. The van der Waals surface area contributed by atoms with Crippen LogP contribution >= 0.6 is 0 Å². The van der Waals surface area contributed by atoms with Gasteiger partial charge in [-0.2, -0.15) is 0 Å². The lowest BCUT2D eigenvalue weighted by molar-refractivity contribution is -0.114. The van der Waals surface area contributed by atoms with Crippen molar-refractivity contribution in [2.45, 2.75) is 45.6 Å². The molecule has 2 amide bonds. The van der Waals surface area contributed by atoms with Gasteiger partial charge in [-0.25, -0.2) is 4.79 Å². The van der Waals surface area contributed by atoms with E-state index in [0.29, 0.717) is 30.9 Å². The van der Waals surface area contributed by atoms with E-state index < -0.39 is 11.5 Å². The molecule has 1 aromatic carbocycles. The highest BCUT2D eigenvalue weighted by molar-refractivity contribution is 6.27. The molecule has 7 nitrogen and oxygen atoms in total. The lowest BCUT2D eigenvalue weighted by atomic mass is 9.82. The SMILES string of the molecule is CC(C)(C)OC(=O)N1CCCC(C2C=C(C(N)=O)C(c3ccc(O)cc3)=NCC2)C1. The van der Waals surface area contributed by atoms with E-state index in [9.17, 15) is 14.7 Å². The maximum Gasteiger partial charge on any atom is 0.410 e. The van der Waals surface area contributed by atoms with Gasteiger partial charge in [0.1, 0.15) is 11.4 Å². The minimum Gasteiger partial charge on any atom is -0.508 e. The number of piperidine rings is 1. The second-order valence-corrected chi connectivity index (χ2v) is 9.00. The van der Waals surface area contributed by atoms with E-state index in [0.717, 1.165) is 24.8 Å². The number of aliphatic imine (C=N–C) groups is 1. The highest BCUT2D eigenvalue weighted by Crippen LogP contribution is 2.31. The van der Waals surface area contributed by atoms with Gasteiger partial charge in [0.15, 0.2) is 0 Å². The second kappa shape index (κ2) is 8.90. The molecule has 2 aliphatic rings. The largest absolute Gasteiger partial charge is 0.508 e. The summed E-state index contributed by atoms with van der Waals surface area (Å²) in [6.45, 7) is 7.43. The van der Waals surface area contributed by atoms with Gasteiger partial charge in [-0.3, -0.25) is 9.79 Å². The summed E-state index contributed by atoms with van der Waals surface area (Å²) in [4.78, 5) is 31.2. The van der Waals surface area contributed by atoms with Gasteiger partial charge in [-0.05, 0) is 76.1 Å². The van der Waals surface area contributed by atoms with E-state index in [4.69, 9.17) is 10.5 Å². The minimum absolute atomic E-state index is 0.0936. The number of primary amides is 1. The molecule has 0 spiro atoms. The quantitative estimate of drug-likeness (QED) is 0.793. The third-order valence-corrected chi connectivity index (χ3v) is 5.49. The van der Waals surface area contributed by atoms with Crippen molar-refractivity contribution in [2.24, 2.45) is 22.6 Å². The summed E-state index contributed by atoms with van der Waals surface area (Å²) >= 11 is 0. The van der Waals surface area contributed by atoms with E-state index in [-0.39, 0.29) is 23.7 Å². The Kier molecular flexibility index (Phi) is 6.48. The monoisotopic (exact) mass is 413 g/mol. The molecule has 30 heavy (non-hydrogen) atoms. The van der Waals surface area contributed by atoms with Crippen LogP contribution in [0.15, 0.2) is 40.9 Å². The smallest absolute Gasteiger partial charge is 0.410 e. The molecule has 0 aliphatic carbocycles. The Morgan fingerprint density at radius 3 is 2.53 bits per heavy atom. The molecule has 2 unspecified atom stereocenters. The third-order valence-electron chi connectivity index (χ3n) is 5.49. The summed E-state index contributed by atoms with van der Waals surface area (Å²) in [5.41, 5.74) is 6.89. The van der Waals surface area contributed by atoms with Crippen LogP contribution in [-0.2, 0) is 9.53 Å². The number of nitrogens with two attached hydrogens (primary N) is 1. The predicted octanol–water partition coefficient (Wildman–Crippen LogP) is 3.26. The summed E-state index contributed by atoms with van der Waals surface area (Å²) in [5.74, 6) is -0.0560. The number of aromatic hydroxyl groups is 1. The normalized spacial score (nSPS) is 22.6. The maximum absolute atomic E-state index is 12.5. The topological polar surface area (TPSA) is 105 Å². The second-order valence-electron chi connectivity index (χ2n) is 9.00. The van der Waals surface area contributed by atoms with Crippen LogP contribution in [0, 0.1) is 11.8 Å². The zero-order valence-electron chi connectivity index (χ0n) is 17.9. The molecule has 0 saturated carbocycles. The molecular weight excluding hydrogens is 382 g/mol. The Bertz CT molecular complexity index is 852. The summed E-state index contributed by atoms with van der Waals surface area (Å²) in [7, 11) is 0. The molecular formula is C23H31N3O4. The van der Waals surface area contributed by atoms with Crippen LogP contribution < -0.4 is 5.73 Å². The molecule has 2 aliphatic heterocycles. The first-order valence-corrected chi connectivity index (χ1v) is 10.5. The molecule has 162 valence electrons. The number of carbonyl (C=O) groups is 2. The van der Waals surface area contributed by atoms with Crippen molar-refractivity contribution in [1.82, 2.24) is 4.90 Å². The summed E-state index contributed by atoms with van der Waals surface area (Å²) in [5, 5.41) is 9.55. The molecule has 1 saturated heterocycles. The molecule has 2 atom stereocenters. The number of benzene rings is 1. The van der Waals surface area contributed by atoms with Crippen molar-refractivity contribution in [3.63, 3.8) is 0 Å². The average molecular weight is 414 g/mol. The zero-order chi connectivity index (χ0) is 21.9. The van der Waals surface area contributed by atoms with Crippen molar-refractivity contribution in [3.05, 3.63) is 41.5 Å². The first kappa shape index (κ1) is 21.9. The highest BCUT2D eigenvalue weighted by atomic mass is 16.6. The van der Waals surface area contributed by atoms with Crippen molar-refractivity contribution >= 4 is 17.7 Å². The number of likely N-dealkylation sites (tertiary alicyclic amines) is 1. The number of phenolic OH excluding ortho intramolecular Hbond substituents is 1. The van der Waals surface area contributed by atoms with Gasteiger partial charge in [0.05, 0.1) is 11.3 Å². The fourth-order valence-corrected chi connectivity index (χ4v) is 4.08. The maximum atomic E-state index is 12.5. The van der Waals surface area contributed by atoms with E-state index >= 15 is 0 Å². The van der Waals surface area contributed by atoms with Gasteiger partial charge in [0.2, 0.25) is 0 Å². The first-order valence-electron chi connectivity index (χ1n) is 10.5. The van der Waals surface area contributed by atoms with E-state index in [1.165, 1.54) is 0 Å². The molecule has 1 fully saturated rings. The van der Waals surface area contributed by atoms with Gasteiger partial charge < -0.3 is 20.5 Å². The van der Waals surface area contributed by atoms with Crippen LogP contribution in [0.2, 0.25) is 0 Å². The molecule has 7 heteroatoms. The lowest BCUT2D eigenvalue weighted by Crippen LogP contribution is -2.44. The van der Waals surface area contributed by atoms with Crippen molar-refractivity contribution < 1.29 is 19.4 Å². The van der Waals surface area contributed by atoms with E-state index in [2.05, 4.69) is 4.99 Å². The number of nitrogens with zero attached hydrogens (tertiary/aromatic N) is 2. The van der Waals surface area contributed by atoms with Gasteiger partial charge in [0, 0.05) is 25.2 Å². The number of ether oxygens (including phenoxy) is 1. The number of allylic oxidation sites excluding steroid dienone is 1. The fourth-order valence-electron chi connectivity index (χ4n) is 4.08. The zero-order valence-corrected chi connectivity index (χ0v) is 17.9. The Balaban J connectivity index is 1.80. The van der Waals surface area contributed by atoms with Crippen LogP contribution in [0.4, 0.5) is 4.79 Å². The first-order chi connectivity index (χ1) is 14.1. The number of hydrogen-bond acceptors (Lipinski definition) is 5. The van der Waals surface area contributed by atoms with Crippen LogP contribution in [0.25, 0.3) is 0 Å². The van der Waals surface area contributed by atoms with Crippen molar-refractivity contribution in [3.8, 4) is 5.75 Å². The number of rotatable bonds is 3. The van der Waals surface area contributed by atoms with E-state index in [1.54, 1.807) is 29.2 Å². The van der Waals surface area contributed by atoms with E-state index in [1.807, 2.05) is 26.8 Å². The fraction of sp³-hybridized carbons (Fsp3) is 0.522. The molecule has 0 bridgehead atoms. The third kappa shape index (κ3) is 5.40. The molecule has 1 aromatic rings. The molecule has 2 heterocycles. The Morgan fingerprint density at radius 1 is 1.20 bits per heavy atom. The lowest BCUT2D eigenvalue weighted by Gasteiger charge is -2.36. The van der Waals surface area contributed by atoms with Gasteiger partial charge in [-0.1, -0.05) is 6.08 Å². The minimum atomic E-state index is -0.530. The highest BCUT2D eigenvalue weighted by Gasteiger charge is 2.32. The summed E-state index contributed by atoms with van der Waals surface area (Å²) in [6, 6.07) is 6.60. The molecule has 3 N–H and O–H groups in total. The molecule has 3 rings (SSSR count). The average Bonchev–Trinajstić information content (AvgIpc) is 2.91. The number of amides is 2. The number of phenols is 1.